The molecule has 2 N–H and O–H groups in total. The molecule has 0 amide bonds. The smallest absolute Gasteiger partial charge is 0.338 e. The van der Waals surface area contributed by atoms with E-state index >= 15 is 0 Å². The number of aliphatic imine (C=N–C) groups is 1. The minimum absolute atomic E-state index is 0.0244. The second kappa shape index (κ2) is 12.2. The highest BCUT2D eigenvalue weighted by Crippen LogP contribution is 2.37. The third-order valence-electron chi connectivity index (χ3n) is 5.92. The number of nitrogens with zero attached hydrogens (tertiary/aromatic N) is 3. The summed E-state index contributed by atoms with van der Waals surface area (Å²) in [7, 11) is 0. The highest BCUT2D eigenvalue weighted by atomic mass is 35.5. The number of morpholine rings is 1. The van der Waals surface area contributed by atoms with Gasteiger partial charge in [-0.1, -0.05) is 29.3 Å². The number of aliphatic carboxylic acids is 1. The summed E-state index contributed by atoms with van der Waals surface area (Å²) in [5, 5.41) is 15.9. The van der Waals surface area contributed by atoms with Crippen molar-refractivity contribution in [1.29, 1.82) is 0 Å². The molecule has 2 aliphatic rings. The molecular formula is C24H26Cl2N4O5S. The number of carbonyl (C=O) groups is 2. The lowest BCUT2D eigenvalue weighted by molar-refractivity contribution is -0.139. The lowest BCUT2D eigenvalue weighted by Gasteiger charge is -2.37. The number of hydrogen-bond donors (Lipinski definition) is 2. The number of amidine groups is 1. The largest absolute Gasteiger partial charge is 0.481 e. The minimum Gasteiger partial charge on any atom is -0.481 e. The van der Waals surface area contributed by atoms with E-state index in [-0.39, 0.29) is 19.1 Å². The third kappa shape index (κ3) is 6.24. The van der Waals surface area contributed by atoms with Crippen molar-refractivity contribution < 1.29 is 24.2 Å². The van der Waals surface area contributed by atoms with Crippen molar-refractivity contribution in [2.75, 3.05) is 32.9 Å². The predicted molar refractivity (Wildman–Crippen MR) is 138 cm³/mol. The molecule has 0 aliphatic carbocycles. The van der Waals surface area contributed by atoms with Gasteiger partial charge in [0.15, 0.2) is 10.8 Å². The molecule has 0 saturated carbocycles. The third-order valence-corrected chi connectivity index (χ3v) is 7.26. The molecule has 3 heterocycles. The number of benzene rings is 1. The molecule has 2 atom stereocenters. The molecule has 2 unspecified atom stereocenters. The Morgan fingerprint density at radius 3 is 2.89 bits per heavy atom. The molecule has 36 heavy (non-hydrogen) atoms. The van der Waals surface area contributed by atoms with Crippen LogP contribution in [0.3, 0.4) is 0 Å². The first kappa shape index (κ1) is 26.6. The molecule has 0 radical (unpaired) electrons. The van der Waals surface area contributed by atoms with Crippen LogP contribution in [0.15, 0.2) is 46.0 Å². The summed E-state index contributed by atoms with van der Waals surface area (Å²) in [6.45, 7) is 3.78. The van der Waals surface area contributed by atoms with Gasteiger partial charge in [0.05, 0.1) is 25.4 Å². The standard InChI is InChI=1S/C24H26Cl2N4O5S/c1-2-35-24(33)20-18(12-30-8-9-34-13-15(30)4-6-19(31)32)28-22(23-27-7-10-36-23)29-21(20)16-5-3-14(25)11-17(16)26/h3,5,7,10-11,15,21H,2,4,6,8-9,12-13H2,1H3,(H,28,29)(H,31,32). The molecule has 0 bridgehead atoms. The van der Waals surface area contributed by atoms with Crippen LogP contribution in [0.2, 0.25) is 10.0 Å². The van der Waals surface area contributed by atoms with Crippen molar-refractivity contribution in [3.05, 3.63) is 61.7 Å². The molecule has 1 aromatic heterocycles. The van der Waals surface area contributed by atoms with Gasteiger partial charge in [-0.2, -0.15) is 0 Å². The van der Waals surface area contributed by atoms with Crippen molar-refractivity contribution >= 4 is 52.3 Å². The molecule has 1 aromatic carbocycles. The number of carboxylic acids is 1. The average molecular weight is 553 g/mol. The number of thiazole rings is 1. The first-order valence-electron chi connectivity index (χ1n) is 11.5. The van der Waals surface area contributed by atoms with Crippen molar-refractivity contribution in [2.24, 2.45) is 4.99 Å². The van der Waals surface area contributed by atoms with Gasteiger partial charge in [-0.05, 0) is 25.5 Å². The molecule has 1 saturated heterocycles. The van der Waals surface area contributed by atoms with E-state index in [0.29, 0.717) is 70.4 Å². The van der Waals surface area contributed by atoms with Crippen LogP contribution in [-0.2, 0) is 19.1 Å². The molecule has 1 fully saturated rings. The zero-order valence-electron chi connectivity index (χ0n) is 19.6. The summed E-state index contributed by atoms with van der Waals surface area (Å²) in [5.41, 5.74) is 1.55. The maximum absolute atomic E-state index is 13.3. The van der Waals surface area contributed by atoms with Gasteiger partial charge in [0.2, 0.25) is 0 Å². The van der Waals surface area contributed by atoms with E-state index in [4.69, 9.17) is 37.7 Å². The van der Waals surface area contributed by atoms with Crippen LogP contribution in [0, 0.1) is 0 Å². The van der Waals surface area contributed by atoms with Crippen molar-refractivity contribution in [1.82, 2.24) is 15.2 Å². The average Bonchev–Trinajstić information content (AvgIpc) is 3.38. The zero-order valence-corrected chi connectivity index (χ0v) is 21.9. The Bertz CT molecular complexity index is 1170. The number of rotatable bonds is 9. The SMILES string of the molecule is CCOC(=O)C1=C(CN2CCOCC2CCC(=O)O)NC(c2nccs2)=NC1c1ccc(Cl)cc1Cl. The second-order valence-electron chi connectivity index (χ2n) is 8.25. The number of halogens is 2. The number of nitrogens with one attached hydrogen (secondary N) is 1. The van der Waals surface area contributed by atoms with Gasteiger partial charge >= 0.3 is 11.9 Å². The Balaban J connectivity index is 1.78. The molecular weight excluding hydrogens is 527 g/mol. The first-order valence-corrected chi connectivity index (χ1v) is 13.1. The number of hydrogen-bond acceptors (Lipinski definition) is 9. The quantitative estimate of drug-likeness (QED) is 0.450. The number of esters is 1. The van der Waals surface area contributed by atoms with Crippen LogP contribution >= 0.6 is 34.5 Å². The monoisotopic (exact) mass is 552 g/mol. The number of carbonyl (C=O) groups excluding carboxylic acids is 1. The highest BCUT2D eigenvalue weighted by Gasteiger charge is 2.36. The lowest BCUT2D eigenvalue weighted by atomic mass is 9.95. The maximum atomic E-state index is 13.3. The molecule has 192 valence electrons. The van der Waals surface area contributed by atoms with E-state index in [1.807, 2.05) is 5.38 Å². The van der Waals surface area contributed by atoms with E-state index in [0.717, 1.165) is 0 Å². The van der Waals surface area contributed by atoms with E-state index in [1.165, 1.54) is 11.3 Å². The van der Waals surface area contributed by atoms with E-state index < -0.39 is 18.0 Å². The Labute approximate surface area is 222 Å². The molecule has 2 aromatic rings. The van der Waals surface area contributed by atoms with Crippen molar-refractivity contribution in [3.8, 4) is 0 Å². The zero-order chi connectivity index (χ0) is 25.7. The van der Waals surface area contributed by atoms with Crippen molar-refractivity contribution in [2.45, 2.75) is 31.8 Å². The Hall–Kier alpha value is -2.50. The highest BCUT2D eigenvalue weighted by molar-refractivity contribution is 7.11. The van der Waals surface area contributed by atoms with Gasteiger partial charge in [0, 0.05) is 58.4 Å². The number of carboxylic acid groups (broad SMARTS) is 1. The van der Waals surface area contributed by atoms with Crippen LogP contribution < -0.4 is 5.32 Å². The predicted octanol–water partition coefficient (Wildman–Crippen LogP) is 3.92. The lowest BCUT2D eigenvalue weighted by Crippen LogP contribution is -2.49. The topological polar surface area (TPSA) is 113 Å². The Kier molecular flexibility index (Phi) is 8.97. The van der Waals surface area contributed by atoms with Crippen LogP contribution in [0.4, 0.5) is 0 Å². The maximum Gasteiger partial charge on any atom is 0.338 e. The molecule has 2 aliphatic heterocycles. The fourth-order valence-electron chi connectivity index (χ4n) is 4.22. The molecule has 0 spiro atoms. The first-order chi connectivity index (χ1) is 17.4. The molecule has 9 nitrogen and oxygen atoms in total. The van der Waals surface area contributed by atoms with E-state index in [9.17, 15) is 14.7 Å². The van der Waals surface area contributed by atoms with Gasteiger partial charge in [-0.3, -0.25) is 14.7 Å². The van der Waals surface area contributed by atoms with Gasteiger partial charge in [0.1, 0.15) is 6.04 Å². The summed E-state index contributed by atoms with van der Waals surface area (Å²) in [5.74, 6) is -0.855. The fraction of sp³-hybridized carbons (Fsp3) is 0.417. The van der Waals surface area contributed by atoms with Gasteiger partial charge in [-0.15, -0.1) is 11.3 Å². The normalized spacial score (nSPS) is 20.6. The summed E-state index contributed by atoms with van der Waals surface area (Å²) in [4.78, 5) is 35.9. The number of aromatic nitrogens is 1. The summed E-state index contributed by atoms with van der Waals surface area (Å²) in [6.07, 6.45) is 2.14. The summed E-state index contributed by atoms with van der Waals surface area (Å²) < 4.78 is 11.1. The van der Waals surface area contributed by atoms with Crippen LogP contribution in [0.25, 0.3) is 0 Å². The number of ether oxygens (including phenoxy) is 2. The molecule has 4 rings (SSSR count). The van der Waals surface area contributed by atoms with E-state index in [1.54, 1.807) is 31.3 Å². The Morgan fingerprint density at radius 1 is 1.36 bits per heavy atom. The second-order valence-corrected chi connectivity index (χ2v) is 9.99. The van der Waals surface area contributed by atoms with Gasteiger partial charge in [-0.25, -0.2) is 9.78 Å². The molecule has 12 heteroatoms. The summed E-state index contributed by atoms with van der Waals surface area (Å²) in [6, 6.07) is 4.21. The van der Waals surface area contributed by atoms with Gasteiger partial charge in [0.25, 0.3) is 0 Å². The summed E-state index contributed by atoms with van der Waals surface area (Å²) >= 11 is 14.1. The Morgan fingerprint density at radius 2 is 2.19 bits per heavy atom. The van der Waals surface area contributed by atoms with Crippen LogP contribution in [-0.4, -0.2) is 71.7 Å². The minimum atomic E-state index is -0.863. The van der Waals surface area contributed by atoms with Crippen LogP contribution in [0.1, 0.15) is 36.4 Å². The van der Waals surface area contributed by atoms with Crippen LogP contribution in [0.5, 0.6) is 0 Å². The fourth-order valence-corrected chi connectivity index (χ4v) is 5.32. The van der Waals surface area contributed by atoms with Crippen molar-refractivity contribution in [3.63, 3.8) is 0 Å². The van der Waals surface area contributed by atoms with E-state index in [2.05, 4.69) is 15.2 Å². The van der Waals surface area contributed by atoms with Gasteiger partial charge < -0.3 is 19.9 Å².